The highest BCUT2D eigenvalue weighted by molar-refractivity contribution is 5.35. The third-order valence-electron chi connectivity index (χ3n) is 3.87. The van der Waals surface area contributed by atoms with E-state index in [9.17, 15) is 10.1 Å². The van der Waals surface area contributed by atoms with Gasteiger partial charge < -0.3 is 5.32 Å². The highest BCUT2D eigenvalue weighted by atomic mass is 16.6. The summed E-state index contributed by atoms with van der Waals surface area (Å²) in [7, 11) is 0. The molecule has 0 aromatic heterocycles. The van der Waals surface area contributed by atoms with Crippen molar-refractivity contribution in [2.24, 2.45) is 0 Å². The summed E-state index contributed by atoms with van der Waals surface area (Å²) < 4.78 is 0. The molecule has 2 unspecified atom stereocenters. The molecule has 0 heterocycles. The standard InChI is InChI=1S/C17H28N2O2/c1-4-6-7-8-10-14(3)18-17(5-2)15-11-9-12-16(13-15)19(20)21/h9,11-14,17-18H,4-8,10H2,1-3H3. The van der Waals surface area contributed by atoms with Crippen LogP contribution < -0.4 is 5.32 Å². The summed E-state index contributed by atoms with van der Waals surface area (Å²) >= 11 is 0. The molecule has 4 heteroatoms. The van der Waals surface area contributed by atoms with E-state index in [1.165, 1.54) is 25.7 Å². The molecule has 2 atom stereocenters. The van der Waals surface area contributed by atoms with E-state index in [0.29, 0.717) is 6.04 Å². The van der Waals surface area contributed by atoms with Crippen molar-refractivity contribution in [3.8, 4) is 0 Å². The maximum Gasteiger partial charge on any atom is 0.269 e. The topological polar surface area (TPSA) is 55.2 Å². The fraction of sp³-hybridized carbons (Fsp3) is 0.647. The molecule has 1 rings (SSSR count). The molecule has 0 amide bonds. The first-order valence-electron chi connectivity index (χ1n) is 8.08. The Morgan fingerprint density at radius 2 is 2.00 bits per heavy atom. The van der Waals surface area contributed by atoms with E-state index in [-0.39, 0.29) is 16.7 Å². The second kappa shape index (κ2) is 9.50. The van der Waals surface area contributed by atoms with Crippen molar-refractivity contribution in [1.82, 2.24) is 5.32 Å². The second-order valence-electron chi connectivity index (χ2n) is 5.73. The first-order chi connectivity index (χ1) is 10.1. The minimum Gasteiger partial charge on any atom is -0.307 e. The van der Waals surface area contributed by atoms with Crippen molar-refractivity contribution >= 4 is 5.69 Å². The number of nitro benzene ring substituents is 1. The van der Waals surface area contributed by atoms with Gasteiger partial charge in [-0.05, 0) is 25.3 Å². The van der Waals surface area contributed by atoms with E-state index >= 15 is 0 Å². The fourth-order valence-corrected chi connectivity index (χ4v) is 2.61. The molecular formula is C17H28N2O2. The number of hydrogen-bond acceptors (Lipinski definition) is 3. The van der Waals surface area contributed by atoms with E-state index in [1.807, 2.05) is 6.07 Å². The highest BCUT2D eigenvalue weighted by Gasteiger charge is 2.15. The summed E-state index contributed by atoms with van der Waals surface area (Å²) in [5.74, 6) is 0. The molecule has 0 aliphatic carbocycles. The van der Waals surface area contributed by atoms with Crippen LogP contribution in [-0.2, 0) is 0 Å². The zero-order valence-electron chi connectivity index (χ0n) is 13.5. The van der Waals surface area contributed by atoms with Crippen molar-refractivity contribution in [3.63, 3.8) is 0 Å². The number of unbranched alkanes of at least 4 members (excludes halogenated alkanes) is 3. The zero-order chi connectivity index (χ0) is 15.7. The Morgan fingerprint density at radius 3 is 2.62 bits per heavy atom. The first kappa shape index (κ1) is 17.6. The molecule has 1 aromatic rings. The summed E-state index contributed by atoms with van der Waals surface area (Å²) in [6.45, 7) is 6.53. The van der Waals surface area contributed by atoms with E-state index < -0.39 is 0 Å². The van der Waals surface area contributed by atoms with Gasteiger partial charge in [0.05, 0.1) is 4.92 Å². The van der Waals surface area contributed by atoms with Crippen LogP contribution in [0, 0.1) is 10.1 Å². The summed E-state index contributed by atoms with van der Waals surface area (Å²) in [4.78, 5) is 10.5. The quantitative estimate of drug-likeness (QED) is 0.375. The third-order valence-corrected chi connectivity index (χ3v) is 3.87. The van der Waals surface area contributed by atoms with Crippen LogP contribution in [0.2, 0.25) is 0 Å². The number of nitrogens with one attached hydrogen (secondary N) is 1. The summed E-state index contributed by atoms with van der Waals surface area (Å²) in [6.07, 6.45) is 7.18. The Balaban J connectivity index is 2.57. The van der Waals surface area contributed by atoms with E-state index in [2.05, 4.69) is 26.1 Å². The van der Waals surface area contributed by atoms with E-state index in [0.717, 1.165) is 18.4 Å². The summed E-state index contributed by atoms with van der Waals surface area (Å²) in [5, 5.41) is 14.5. The Kier molecular flexibility index (Phi) is 7.98. The lowest BCUT2D eigenvalue weighted by atomic mass is 10.0. The predicted molar refractivity (Wildman–Crippen MR) is 87.5 cm³/mol. The Morgan fingerprint density at radius 1 is 1.24 bits per heavy atom. The van der Waals surface area contributed by atoms with E-state index in [4.69, 9.17) is 0 Å². The molecule has 1 aromatic carbocycles. The Hall–Kier alpha value is -1.42. The van der Waals surface area contributed by atoms with Gasteiger partial charge >= 0.3 is 0 Å². The van der Waals surface area contributed by atoms with E-state index in [1.54, 1.807) is 18.2 Å². The van der Waals surface area contributed by atoms with Crippen LogP contribution >= 0.6 is 0 Å². The number of nitro groups is 1. The van der Waals surface area contributed by atoms with Crippen LogP contribution in [0.3, 0.4) is 0 Å². The molecular weight excluding hydrogens is 264 g/mol. The van der Waals surface area contributed by atoms with Crippen molar-refractivity contribution < 1.29 is 4.92 Å². The van der Waals surface area contributed by atoms with Gasteiger partial charge in [-0.15, -0.1) is 0 Å². The van der Waals surface area contributed by atoms with Crippen LogP contribution in [-0.4, -0.2) is 11.0 Å². The van der Waals surface area contributed by atoms with Gasteiger partial charge in [0, 0.05) is 24.2 Å². The van der Waals surface area contributed by atoms with Gasteiger partial charge in [0.25, 0.3) is 5.69 Å². The average molecular weight is 292 g/mol. The van der Waals surface area contributed by atoms with Gasteiger partial charge in [0.2, 0.25) is 0 Å². The van der Waals surface area contributed by atoms with Gasteiger partial charge in [0.1, 0.15) is 0 Å². The summed E-state index contributed by atoms with van der Waals surface area (Å²) in [6, 6.07) is 7.59. The second-order valence-corrected chi connectivity index (χ2v) is 5.73. The largest absolute Gasteiger partial charge is 0.307 e. The maximum absolute atomic E-state index is 10.9. The maximum atomic E-state index is 10.9. The molecule has 0 saturated heterocycles. The smallest absolute Gasteiger partial charge is 0.269 e. The first-order valence-corrected chi connectivity index (χ1v) is 8.08. The van der Waals surface area contributed by atoms with Crippen molar-refractivity contribution in [2.45, 2.75) is 71.4 Å². The molecule has 0 saturated carbocycles. The molecule has 0 aliphatic rings. The Labute approximate surface area is 128 Å². The predicted octanol–water partition coefficient (Wildman–Crippen LogP) is 4.99. The Bertz CT molecular complexity index is 435. The minimum absolute atomic E-state index is 0.170. The summed E-state index contributed by atoms with van der Waals surface area (Å²) in [5.41, 5.74) is 1.18. The van der Waals surface area contributed by atoms with Crippen molar-refractivity contribution in [3.05, 3.63) is 39.9 Å². The third kappa shape index (κ3) is 6.25. The van der Waals surface area contributed by atoms with Crippen molar-refractivity contribution in [1.29, 1.82) is 0 Å². The van der Waals surface area contributed by atoms with Gasteiger partial charge in [-0.2, -0.15) is 0 Å². The SMILES string of the molecule is CCCCCCC(C)NC(CC)c1cccc([N+](=O)[O-])c1. The molecule has 0 aliphatic heterocycles. The number of non-ortho nitro benzene ring substituents is 1. The molecule has 0 bridgehead atoms. The van der Waals surface area contributed by atoms with Crippen LogP contribution in [0.25, 0.3) is 0 Å². The van der Waals surface area contributed by atoms with Crippen molar-refractivity contribution in [2.75, 3.05) is 0 Å². The van der Waals surface area contributed by atoms with Crippen LogP contribution in [0.5, 0.6) is 0 Å². The molecule has 0 fully saturated rings. The molecule has 1 N–H and O–H groups in total. The van der Waals surface area contributed by atoms with Crippen LogP contribution in [0.15, 0.2) is 24.3 Å². The molecule has 0 radical (unpaired) electrons. The fourth-order valence-electron chi connectivity index (χ4n) is 2.61. The average Bonchev–Trinajstić information content (AvgIpc) is 2.49. The van der Waals surface area contributed by atoms with Gasteiger partial charge in [-0.3, -0.25) is 10.1 Å². The molecule has 4 nitrogen and oxygen atoms in total. The minimum atomic E-state index is -0.329. The van der Waals surface area contributed by atoms with Crippen LogP contribution in [0.1, 0.15) is 70.9 Å². The lowest BCUT2D eigenvalue weighted by molar-refractivity contribution is -0.384. The highest BCUT2D eigenvalue weighted by Crippen LogP contribution is 2.22. The van der Waals surface area contributed by atoms with Crippen LogP contribution in [0.4, 0.5) is 5.69 Å². The normalized spacial score (nSPS) is 13.9. The van der Waals surface area contributed by atoms with Gasteiger partial charge in [-0.1, -0.05) is 51.7 Å². The number of hydrogen-bond donors (Lipinski definition) is 1. The monoisotopic (exact) mass is 292 g/mol. The number of benzene rings is 1. The molecule has 21 heavy (non-hydrogen) atoms. The molecule has 0 spiro atoms. The lowest BCUT2D eigenvalue weighted by Crippen LogP contribution is -2.30. The lowest BCUT2D eigenvalue weighted by Gasteiger charge is -2.22. The molecule has 118 valence electrons. The number of nitrogens with zero attached hydrogens (tertiary/aromatic N) is 1. The van der Waals surface area contributed by atoms with Gasteiger partial charge in [-0.25, -0.2) is 0 Å². The number of rotatable bonds is 10. The zero-order valence-corrected chi connectivity index (χ0v) is 13.5. The van der Waals surface area contributed by atoms with Gasteiger partial charge in [0.15, 0.2) is 0 Å².